The van der Waals surface area contributed by atoms with Gasteiger partial charge in [0.25, 0.3) is 0 Å². The molecule has 2 aromatic rings. The molecule has 1 aromatic heterocycles. The maximum Gasteiger partial charge on any atom is 0.114 e. The standard InChI is InChI=1S/C20H23N3S/c1-15(2)14-24-20-17(11-21)10-18-13-23(9-8-19(18)22-20)12-16-6-4-3-5-7-16/h3-7,10,15H,8-9,12-14H2,1-2H3. The molecule has 2 heterocycles. The zero-order valence-corrected chi connectivity index (χ0v) is 15.1. The average Bonchev–Trinajstić information content (AvgIpc) is 2.60. The number of nitriles is 1. The molecule has 1 aliphatic heterocycles. The van der Waals surface area contributed by atoms with Crippen LogP contribution in [0, 0.1) is 17.2 Å². The highest BCUT2D eigenvalue weighted by molar-refractivity contribution is 7.99. The van der Waals surface area contributed by atoms with E-state index in [0.717, 1.165) is 42.4 Å². The van der Waals surface area contributed by atoms with Crippen LogP contribution in [0.25, 0.3) is 0 Å². The third-order valence-corrected chi connectivity index (χ3v) is 5.56. The van der Waals surface area contributed by atoms with Crippen molar-refractivity contribution in [3.05, 3.63) is 58.8 Å². The molecule has 0 aliphatic carbocycles. The molecule has 3 nitrogen and oxygen atoms in total. The summed E-state index contributed by atoms with van der Waals surface area (Å²) in [6.07, 6.45) is 0.961. The van der Waals surface area contributed by atoms with E-state index in [1.165, 1.54) is 16.8 Å². The van der Waals surface area contributed by atoms with Crippen molar-refractivity contribution in [2.45, 2.75) is 38.4 Å². The molecule has 4 heteroatoms. The molecule has 1 aliphatic rings. The minimum atomic E-state index is 0.598. The Morgan fingerprint density at radius 1 is 1.29 bits per heavy atom. The lowest BCUT2D eigenvalue weighted by atomic mass is 10.0. The summed E-state index contributed by atoms with van der Waals surface area (Å²) in [5, 5.41) is 10.4. The van der Waals surface area contributed by atoms with Gasteiger partial charge in [-0.05, 0) is 23.1 Å². The molecule has 0 spiro atoms. The average molecular weight is 337 g/mol. The van der Waals surface area contributed by atoms with Crippen LogP contribution in [-0.4, -0.2) is 22.2 Å². The fourth-order valence-electron chi connectivity index (χ4n) is 2.92. The van der Waals surface area contributed by atoms with Crippen LogP contribution < -0.4 is 0 Å². The second-order valence-corrected chi connectivity index (χ2v) is 7.72. The van der Waals surface area contributed by atoms with E-state index in [-0.39, 0.29) is 0 Å². The Bertz CT molecular complexity index is 735. The number of hydrogen-bond donors (Lipinski definition) is 0. The van der Waals surface area contributed by atoms with Crippen molar-refractivity contribution in [1.82, 2.24) is 9.88 Å². The van der Waals surface area contributed by atoms with Crippen LogP contribution in [0.1, 0.15) is 36.2 Å². The van der Waals surface area contributed by atoms with Gasteiger partial charge in [-0.2, -0.15) is 5.26 Å². The Morgan fingerprint density at radius 3 is 2.79 bits per heavy atom. The summed E-state index contributed by atoms with van der Waals surface area (Å²) in [6.45, 7) is 7.24. The van der Waals surface area contributed by atoms with Gasteiger partial charge in [0, 0.05) is 37.5 Å². The molecule has 0 saturated heterocycles. The molecule has 0 unspecified atom stereocenters. The number of fused-ring (bicyclic) bond motifs is 1. The summed E-state index contributed by atoms with van der Waals surface area (Å²) in [7, 11) is 0. The lowest BCUT2D eigenvalue weighted by Crippen LogP contribution is -2.30. The minimum absolute atomic E-state index is 0.598. The predicted octanol–water partition coefficient (Wildman–Crippen LogP) is 4.26. The fourth-order valence-corrected chi connectivity index (χ4v) is 3.85. The van der Waals surface area contributed by atoms with Crippen molar-refractivity contribution >= 4 is 11.8 Å². The quantitative estimate of drug-likeness (QED) is 0.764. The van der Waals surface area contributed by atoms with Crippen molar-refractivity contribution in [2.24, 2.45) is 5.92 Å². The summed E-state index contributed by atoms with van der Waals surface area (Å²) in [4.78, 5) is 7.24. The van der Waals surface area contributed by atoms with Gasteiger partial charge in [0.2, 0.25) is 0 Å². The highest BCUT2D eigenvalue weighted by Crippen LogP contribution is 2.28. The van der Waals surface area contributed by atoms with E-state index in [1.807, 2.05) is 0 Å². The van der Waals surface area contributed by atoms with Crippen LogP contribution in [0.5, 0.6) is 0 Å². The monoisotopic (exact) mass is 337 g/mol. The van der Waals surface area contributed by atoms with E-state index < -0.39 is 0 Å². The minimum Gasteiger partial charge on any atom is -0.294 e. The SMILES string of the molecule is CC(C)CSc1nc2c(cc1C#N)CN(Cc1ccccc1)CC2. The molecular formula is C20H23N3S. The first-order valence-electron chi connectivity index (χ1n) is 8.47. The Kier molecular flexibility index (Phi) is 5.55. The van der Waals surface area contributed by atoms with Crippen molar-refractivity contribution in [3.63, 3.8) is 0 Å². The molecule has 0 fully saturated rings. The van der Waals surface area contributed by atoms with Gasteiger partial charge in [0.05, 0.1) is 5.56 Å². The molecule has 0 N–H and O–H groups in total. The zero-order valence-electron chi connectivity index (χ0n) is 14.3. The number of nitrogens with zero attached hydrogens (tertiary/aromatic N) is 3. The molecule has 0 radical (unpaired) electrons. The van der Waals surface area contributed by atoms with E-state index in [9.17, 15) is 5.26 Å². The van der Waals surface area contributed by atoms with Crippen molar-refractivity contribution in [2.75, 3.05) is 12.3 Å². The number of benzene rings is 1. The van der Waals surface area contributed by atoms with E-state index >= 15 is 0 Å². The Hall–Kier alpha value is -1.83. The number of hydrogen-bond acceptors (Lipinski definition) is 4. The van der Waals surface area contributed by atoms with E-state index in [1.54, 1.807) is 11.8 Å². The molecule has 0 saturated carbocycles. The first kappa shape index (κ1) is 17.0. The normalized spacial score (nSPS) is 14.4. The van der Waals surface area contributed by atoms with Gasteiger partial charge in [-0.25, -0.2) is 4.98 Å². The lowest BCUT2D eigenvalue weighted by molar-refractivity contribution is 0.243. The van der Waals surface area contributed by atoms with Crippen molar-refractivity contribution < 1.29 is 0 Å². The van der Waals surface area contributed by atoms with Gasteiger partial charge in [-0.1, -0.05) is 44.2 Å². The maximum absolute atomic E-state index is 9.47. The molecule has 3 rings (SSSR count). The van der Waals surface area contributed by atoms with Gasteiger partial charge in [0.15, 0.2) is 0 Å². The maximum atomic E-state index is 9.47. The van der Waals surface area contributed by atoms with Gasteiger partial charge < -0.3 is 0 Å². The Balaban J connectivity index is 1.75. The first-order chi connectivity index (χ1) is 11.7. The predicted molar refractivity (Wildman–Crippen MR) is 98.8 cm³/mol. The van der Waals surface area contributed by atoms with Crippen LogP contribution in [0.3, 0.4) is 0 Å². The number of rotatable bonds is 5. The van der Waals surface area contributed by atoms with Crippen LogP contribution >= 0.6 is 11.8 Å². The second kappa shape index (κ2) is 7.83. The molecule has 24 heavy (non-hydrogen) atoms. The van der Waals surface area contributed by atoms with Crippen molar-refractivity contribution in [1.29, 1.82) is 5.26 Å². The Labute approximate surface area is 148 Å². The number of aromatic nitrogens is 1. The Morgan fingerprint density at radius 2 is 2.08 bits per heavy atom. The highest BCUT2D eigenvalue weighted by atomic mass is 32.2. The number of thioether (sulfide) groups is 1. The van der Waals surface area contributed by atoms with Crippen LogP contribution in [0.4, 0.5) is 0 Å². The highest BCUT2D eigenvalue weighted by Gasteiger charge is 2.20. The van der Waals surface area contributed by atoms with Gasteiger partial charge >= 0.3 is 0 Å². The van der Waals surface area contributed by atoms with E-state index in [2.05, 4.69) is 61.2 Å². The molecule has 0 atom stereocenters. The van der Waals surface area contributed by atoms with E-state index in [4.69, 9.17) is 4.98 Å². The van der Waals surface area contributed by atoms with E-state index in [0.29, 0.717) is 5.92 Å². The largest absolute Gasteiger partial charge is 0.294 e. The molecule has 0 amide bonds. The zero-order chi connectivity index (χ0) is 16.9. The van der Waals surface area contributed by atoms with Crippen LogP contribution in [-0.2, 0) is 19.5 Å². The van der Waals surface area contributed by atoms with Gasteiger partial charge in [0.1, 0.15) is 11.1 Å². The number of pyridine rings is 1. The smallest absolute Gasteiger partial charge is 0.114 e. The van der Waals surface area contributed by atoms with Crippen LogP contribution in [0.2, 0.25) is 0 Å². The fraction of sp³-hybridized carbons (Fsp3) is 0.400. The lowest BCUT2D eigenvalue weighted by Gasteiger charge is -2.28. The summed E-state index contributed by atoms with van der Waals surface area (Å²) < 4.78 is 0. The summed E-state index contributed by atoms with van der Waals surface area (Å²) in [5.41, 5.74) is 4.44. The topological polar surface area (TPSA) is 39.9 Å². The van der Waals surface area contributed by atoms with Gasteiger partial charge in [-0.3, -0.25) is 4.90 Å². The summed E-state index contributed by atoms with van der Waals surface area (Å²) in [5.74, 6) is 1.60. The third kappa shape index (κ3) is 4.17. The first-order valence-corrected chi connectivity index (χ1v) is 9.46. The van der Waals surface area contributed by atoms with Crippen molar-refractivity contribution in [3.8, 4) is 6.07 Å². The third-order valence-electron chi connectivity index (χ3n) is 4.14. The molecular weight excluding hydrogens is 314 g/mol. The van der Waals surface area contributed by atoms with Crippen LogP contribution in [0.15, 0.2) is 41.4 Å². The summed E-state index contributed by atoms with van der Waals surface area (Å²) in [6, 6.07) is 14.9. The summed E-state index contributed by atoms with van der Waals surface area (Å²) >= 11 is 1.71. The molecule has 1 aromatic carbocycles. The molecule has 0 bridgehead atoms. The van der Waals surface area contributed by atoms with Gasteiger partial charge in [-0.15, -0.1) is 11.8 Å². The molecule has 124 valence electrons. The second-order valence-electron chi connectivity index (χ2n) is 6.71.